The molecule has 1 saturated heterocycles. The number of rotatable bonds is 3. The zero-order valence-corrected chi connectivity index (χ0v) is 12.7. The molecule has 0 spiro atoms. The second-order valence-electron chi connectivity index (χ2n) is 5.43. The molecule has 0 radical (unpaired) electrons. The van der Waals surface area contributed by atoms with E-state index in [1.165, 1.54) is 0 Å². The Balaban J connectivity index is 1.90. The van der Waals surface area contributed by atoms with E-state index in [0.717, 1.165) is 21.9 Å². The summed E-state index contributed by atoms with van der Waals surface area (Å²) >= 11 is 1.62. The third-order valence-electron chi connectivity index (χ3n) is 3.40. The number of fused-ring (bicyclic) bond motifs is 1. The van der Waals surface area contributed by atoms with Crippen molar-refractivity contribution in [1.29, 1.82) is 0 Å². The van der Waals surface area contributed by atoms with Crippen LogP contribution in [0.25, 0.3) is 10.2 Å². The van der Waals surface area contributed by atoms with E-state index in [4.69, 9.17) is 4.74 Å². The molecule has 6 heteroatoms. The van der Waals surface area contributed by atoms with Crippen molar-refractivity contribution in [2.24, 2.45) is 0 Å². The SMILES string of the molecule is Cc1nc(N2C[C@H](OC(C)C)[C@@H](O)C2)c2ccsc2n1. The van der Waals surface area contributed by atoms with Crippen molar-refractivity contribution in [1.82, 2.24) is 9.97 Å². The fourth-order valence-corrected chi connectivity index (χ4v) is 3.40. The van der Waals surface area contributed by atoms with Crippen molar-refractivity contribution >= 4 is 27.4 Å². The highest BCUT2D eigenvalue weighted by molar-refractivity contribution is 7.16. The fourth-order valence-electron chi connectivity index (χ4n) is 2.60. The van der Waals surface area contributed by atoms with Gasteiger partial charge < -0.3 is 14.7 Å². The number of hydrogen-bond donors (Lipinski definition) is 1. The van der Waals surface area contributed by atoms with E-state index in [-0.39, 0.29) is 12.2 Å². The molecule has 0 aromatic carbocycles. The van der Waals surface area contributed by atoms with Gasteiger partial charge in [-0.25, -0.2) is 9.97 Å². The van der Waals surface area contributed by atoms with E-state index in [1.807, 2.05) is 32.2 Å². The molecule has 0 unspecified atom stereocenters. The van der Waals surface area contributed by atoms with Crippen LogP contribution in [0.3, 0.4) is 0 Å². The van der Waals surface area contributed by atoms with Crippen LogP contribution < -0.4 is 4.90 Å². The van der Waals surface area contributed by atoms with Crippen LogP contribution in [0.2, 0.25) is 0 Å². The Bertz CT molecular complexity index is 613. The van der Waals surface area contributed by atoms with Gasteiger partial charge in [0.2, 0.25) is 0 Å². The van der Waals surface area contributed by atoms with Crippen LogP contribution in [0.15, 0.2) is 11.4 Å². The first kappa shape index (κ1) is 13.7. The van der Waals surface area contributed by atoms with E-state index in [9.17, 15) is 5.11 Å². The molecule has 3 heterocycles. The Morgan fingerprint density at radius 2 is 2.20 bits per heavy atom. The Morgan fingerprint density at radius 3 is 2.95 bits per heavy atom. The van der Waals surface area contributed by atoms with E-state index in [0.29, 0.717) is 13.1 Å². The predicted octanol–water partition coefficient (Wildman–Crippen LogP) is 1.97. The topological polar surface area (TPSA) is 58.5 Å². The van der Waals surface area contributed by atoms with Gasteiger partial charge in [-0.3, -0.25) is 0 Å². The summed E-state index contributed by atoms with van der Waals surface area (Å²) in [5.74, 6) is 1.67. The van der Waals surface area contributed by atoms with Gasteiger partial charge in [0.25, 0.3) is 0 Å². The molecular formula is C14H19N3O2S. The fraction of sp³-hybridized carbons (Fsp3) is 0.571. The molecule has 1 fully saturated rings. The lowest BCUT2D eigenvalue weighted by atomic mass is 10.2. The van der Waals surface area contributed by atoms with Crippen LogP contribution in [0.5, 0.6) is 0 Å². The molecule has 0 saturated carbocycles. The average Bonchev–Trinajstić information content (AvgIpc) is 2.95. The molecule has 108 valence electrons. The van der Waals surface area contributed by atoms with Crippen LogP contribution in [-0.2, 0) is 4.74 Å². The summed E-state index contributed by atoms with van der Waals surface area (Å²) in [6.45, 7) is 7.10. The van der Waals surface area contributed by atoms with Gasteiger partial charge in [-0.1, -0.05) is 0 Å². The Hall–Kier alpha value is -1.24. The number of aliphatic hydroxyl groups is 1. The summed E-state index contributed by atoms with van der Waals surface area (Å²) in [5, 5.41) is 13.2. The monoisotopic (exact) mass is 293 g/mol. The summed E-state index contributed by atoms with van der Waals surface area (Å²) in [6.07, 6.45) is -0.511. The van der Waals surface area contributed by atoms with E-state index in [2.05, 4.69) is 14.9 Å². The maximum atomic E-state index is 10.2. The van der Waals surface area contributed by atoms with Crippen LogP contribution >= 0.6 is 11.3 Å². The normalized spacial score (nSPS) is 23.1. The largest absolute Gasteiger partial charge is 0.388 e. The number of aromatic nitrogens is 2. The predicted molar refractivity (Wildman–Crippen MR) is 80.4 cm³/mol. The Morgan fingerprint density at radius 1 is 1.40 bits per heavy atom. The van der Waals surface area contributed by atoms with Crippen molar-refractivity contribution in [2.75, 3.05) is 18.0 Å². The van der Waals surface area contributed by atoms with Crippen LogP contribution in [-0.4, -0.2) is 46.5 Å². The zero-order chi connectivity index (χ0) is 14.3. The lowest BCUT2D eigenvalue weighted by Gasteiger charge is -2.19. The average molecular weight is 293 g/mol. The number of thiophene rings is 1. The van der Waals surface area contributed by atoms with Gasteiger partial charge >= 0.3 is 0 Å². The van der Waals surface area contributed by atoms with Crippen molar-refractivity contribution in [3.63, 3.8) is 0 Å². The van der Waals surface area contributed by atoms with Crippen molar-refractivity contribution in [3.8, 4) is 0 Å². The second kappa shape index (κ2) is 5.27. The number of aryl methyl sites for hydroxylation is 1. The third-order valence-corrected chi connectivity index (χ3v) is 4.21. The molecule has 0 bridgehead atoms. The van der Waals surface area contributed by atoms with Crippen LogP contribution in [0.1, 0.15) is 19.7 Å². The molecule has 3 rings (SSSR count). The zero-order valence-electron chi connectivity index (χ0n) is 11.9. The molecule has 0 aliphatic carbocycles. The second-order valence-corrected chi connectivity index (χ2v) is 6.32. The summed E-state index contributed by atoms with van der Waals surface area (Å²) in [4.78, 5) is 12.1. The van der Waals surface area contributed by atoms with Crippen molar-refractivity contribution in [2.45, 2.75) is 39.1 Å². The number of aliphatic hydroxyl groups excluding tert-OH is 1. The van der Waals surface area contributed by atoms with Crippen molar-refractivity contribution < 1.29 is 9.84 Å². The number of anilines is 1. The van der Waals surface area contributed by atoms with Gasteiger partial charge in [0.05, 0.1) is 17.6 Å². The summed E-state index contributed by atoms with van der Waals surface area (Å²) < 4.78 is 5.77. The number of β-amino-alcohol motifs (C(OH)–C–C–N with tert-alkyl or cyclic N) is 1. The summed E-state index contributed by atoms with van der Waals surface area (Å²) in [7, 11) is 0. The first-order chi connectivity index (χ1) is 9.54. The van der Waals surface area contributed by atoms with Gasteiger partial charge in [-0.2, -0.15) is 0 Å². The van der Waals surface area contributed by atoms with E-state index >= 15 is 0 Å². The first-order valence-electron chi connectivity index (χ1n) is 6.85. The minimum absolute atomic E-state index is 0.114. The van der Waals surface area contributed by atoms with Gasteiger partial charge in [0.15, 0.2) is 0 Å². The molecule has 1 N–H and O–H groups in total. The minimum Gasteiger partial charge on any atom is -0.388 e. The van der Waals surface area contributed by atoms with Crippen molar-refractivity contribution in [3.05, 3.63) is 17.3 Å². The lowest BCUT2D eigenvalue weighted by molar-refractivity contribution is -0.0386. The highest BCUT2D eigenvalue weighted by atomic mass is 32.1. The number of ether oxygens (including phenoxy) is 1. The standard InChI is InChI=1S/C14H19N3O2S/c1-8(2)19-12-7-17(6-11(12)18)13-10-4-5-20-14(10)16-9(3)15-13/h4-5,8,11-12,18H,6-7H2,1-3H3/t11-,12-/m0/s1. The molecular weight excluding hydrogens is 274 g/mol. The highest BCUT2D eigenvalue weighted by Crippen LogP contribution is 2.30. The molecule has 20 heavy (non-hydrogen) atoms. The molecule has 5 nitrogen and oxygen atoms in total. The maximum Gasteiger partial charge on any atom is 0.141 e. The number of hydrogen-bond acceptors (Lipinski definition) is 6. The van der Waals surface area contributed by atoms with Gasteiger partial charge in [0.1, 0.15) is 22.6 Å². The van der Waals surface area contributed by atoms with Gasteiger partial charge in [-0.15, -0.1) is 11.3 Å². The first-order valence-corrected chi connectivity index (χ1v) is 7.73. The molecule has 2 atom stereocenters. The smallest absolute Gasteiger partial charge is 0.141 e. The quantitative estimate of drug-likeness (QED) is 0.937. The number of nitrogens with zero attached hydrogens (tertiary/aromatic N) is 3. The molecule has 1 aliphatic rings. The van der Waals surface area contributed by atoms with E-state index in [1.54, 1.807) is 11.3 Å². The van der Waals surface area contributed by atoms with Gasteiger partial charge in [-0.05, 0) is 32.2 Å². The molecule has 2 aromatic heterocycles. The molecule has 1 aliphatic heterocycles. The van der Waals surface area contributed by atoms with Crippen LogP contribution in [0.4, 0.5) is 5.82 Å². The van der Waals surface area contributed by atoms with Gasteiger partial charge in [0, 0.05) is 13.1 Å². The third kappa shape index (κ3) is 2.51. The van der Waals surface area contributed by atoms with E-state index < -0.39 is 6.10 Å². The van der Waals surface area contributed by atoms with Crippen LogP contribution in [0, 0.1) is 6.92 Å². The Labute approximate surface area is 122 Å². The molecule has 0 amide bonds. The Kier molecular flexibility index (Phi) is 3.62. The summed E-state index contributed by atoms with van der Waals surface area (Å²) in [5.41, 5.74) is 0. The molecule has 2 aromatic rings. The highest BCUT2D eigenvalue weighted by Gasteiger charge is 2.34. The lowest BCUT2D eigenvalue weighted by Crippen LogP contribution is -2.29. The maximum absolute atomic E-state index is 10.2. The summed E-state index contributed by atoms with van der Waals surface area (Å²) in [6, 6.07) is 2.04. The minimum atomic E-state index is -0.471.